The van der Waals surface area contributed by atoms with Gasteiger partial charge in [0.05, 0.1) is 22.3 Å². The number of nitrogens with one attached hydrogen (secondary N) is 1. The van der Waals surface area contributed by atoms with E-state index in [-0.39, 0.29) is 11.5 Å². The zero-order valence-corrected chi connectivity index (χ0v) is 10.9. The summed E-state index contributed by atoms with van der Waals surface area (Å²) < 4.78 is 1.38. The molecule has 1 aromatic carbocycles. The Kier molecular flexibility index (Phi) is 2.98. The second kappa shape index (κ2) is 4.66. The van der Waals surface area contributed by atoms with Crippen LogP contribution in [0.15, 0.2) is 29.3 Å². The lowest BCUT2D eigenvalue weighted by Gasteiger charge is -2.23. The summed E-state index contributed by atoms with van der Waals surface area (Å²) in [6, 6.07) is 4.63. The largest absolute Gasteiger partial charge is 0.354 e. The maximum Gasteiger partial charge on any atom is 0.263 e. The van der Waals surface area contributed by atoms with Gasteiger partial charge in [0, 0.05) is 6.54 Å². The van der Waals surface area contributed by atoms with Crippen molar-refractivity contribution in [1.29, 1.82) is 0 Å². The first-order chi connectivity index (χ1) is 9.18. The molecule has 0 radical (unpaired) electrons. The normalized spacial score (nSPS) is 19.4. The maximum absolute atomic E-state index is 12.5. The van der Waals surface area contributed by atoms with Gasteiger partial charge in [-0.3, -0.25) is 14.2 Å². The Balaban J connectivity index is 2.20. The van der Waals surface area contributed by atoms with Gasteiger partial charge in [-0.25, -0.2) is 4.98 Å². The van der Waals surface area contributed by atoms with Gasteiger partial charge in [0.1, 0.15) is 6.04 Å². The van der Waals surface area contributed by atoms with Gasteiger partial charge in [-0.15, -0.1) is 0 Å². The third kappa shape index (κ3) is 2.00. The number of hydrogen-bond donors (Lipinski definition) is 1. The lowest BCUT2D eigenvalue weighted by Crippen LogP contribution is -2.41. The van der Waals surface area contributed by atoms with Crippen molar-refractivity contribution in [3.63, 3.8) is 0 Å². The Morgan fingerprint density at radius 2 is 2.21 bits per heavy atom. The summed E-state index contributed by atoms with van der Waals surface area (Å²) in [5, 5.41) is 3.49. The molecule has 1 aliphatic rings. The van der Waals surface area contributed by atoms with Crippen LogP contribution in [0.4, 0.5) is 0 Å². The highest BCUT2D eigenvalue weighted by molar-refractivity contribution is 6.35. The molecule has 2 heterocycles. The molecule has 19 heavy (non-hydrogen) atoms. The average molecular weight is 278 g/mol. The number of rotatable bonds is 1. The number of benzene rings is 1. The van der Waals surface area contributed by atoms with E-state index in [1.165, 1.54) is 10.9 Å². The summed E-state index contributed by atoms with van der Waals surface area (Å²) >= 11 is 6.06. The number of halogens is 1. The predicted molar refractivity (Wildman–Crippen MR) is 72.3 cm³/mol. The summed E-state index contributed by atoms with van der Waals surface area (Å²) in [5.41, 5.74) is 0.280. The van der Waals surface area contributed by atoms with Crippen LogP contribution in [0.5, 0.6) is 0 Å². The van der Waals surface area contributed by atoms with Crippen LogP contribution < -0.4 is 10.9 Å². The number of amides is 1. The van der Waals surface area contributed by atoms with Crippen molar-refractivity contribution in [2.45, 2.75) is 18.9 Å². The van der Waals surface area contributed by atoms with Crippen LogP contribution in [-0.4, -0.2) is 22.0 Å². The summed E-state index contributed by atoms with van der Waals surface area (Å²) in [7, 11) is 0. The Labute approximate surface area is 114 Å². The molecular formula is C13H12ClN3O2. The van der Waals surface area contributed by atoms with E-state index in [1.54, 1.807) is 18.2 Å². The van der Waals surface area contributed by atoms with Crippen molar-refractivity contribution in [3.8, 4) is 0 Å². The van der Waals surface area contributed by atoms with E-state index >= 15 is 0 Å². The van der Waals surface area contributed by atoms with Crippen molar-refractivity contribution < 1.29 is 4.79 Å². The first-order valence-corrected chi connectivity index (χ1v) is 6.49. The van der Waals surface area contributed by atoms with Gasteiger partial charge in [-0.05, 0) is 25.0 Å². The molecule has 0 spiro atoms. The number of aromatic nitrogens is 2. The molecule has 1 unspecified atom stereocenters. The molecule has 1 aliphatic heterocycles. The summed E-state index contributed by atoms with van der Waals surface area (Å²) in [4.78, 5) is 28.5. The molecule has 3 rings (SSSR count). The van der Waals surface area contributed by atoms with Crippen molar-refractivity contribution in [1.82, 2.24) is 14.9 Å². The van der Waals surface area contributed by atoms with E-state index in [0.29, 0.717) is 28.9 Å². The number of hydrogen-bond acceptors (Lipinski definition) is 3. The summed E-state index contributed by atoms with van der Waals surface area (Å²) in [6.45, 7) is 0.659. The van der Waals surface area contributed by atoms with Gasteiger partial charge in [0.25, 0.3) is 5.56 Å². The topological polar surface area (TPSA) is 64.0 Å². The van der Waals surface area contributed by atoms with E-state index < -0.39 is 6.04 Å². The first kappa shape index (κ1) is 12.2. The summed E-state index contributed by atoms with van der Waals surface area (Å²) in [5.74, 6) is -0.137. The highest BCUT2D eigenvalue weighted by Crippen LogP contribution is 2.20. The van der Waals surface area contributed by atoms with Crippen molar-refractivity contribution in [3.05, 3.63) is 39.9 Å². The van der Waals surface area contributed by atoms with E-state index in [1.807, 2.05) is 0 Å². The van der Waals surface area contributed by atoms with Gasteiger partial charge in [-0.2, -0.15) is 0 Å². The minimum absolute atomic E-state index is 0.137. The van der Waals surface area contributed by atoms with E-state index in [4.69, 9.17) is 11.6 Å². The van der Waals surface area contributed by atoms with Gasteiger partial charge >= 0.3 is 0 Å². The zero-order chi connectivity index (χ0) is 13.4. The van der Waals surface area contributed by atoms with E-state index in [2.05, 4.69) is 10.3 Å². The fraction of sp³-hybridized carbons (Fsp3) is 0.308. The molecule has 0 saturated carbocycles. The van der Waals surface area contributed by atoms with Crippen LogP contribution in [-0.2, 0) is 4.79 Å². The Hall–Kier alpha value is -1.88. The Morgan fingerprint density at radius 3 is 3.00 bits per heavy atom. The second-order valence-electron chi connectivity index (χ2n) is 4.54. The molecule has 1 saturated heterocycles. The minimum Gasteiger partial charge on any atom is -0.354 e. The minimum atomic E-state index is -0.491. The predicted octanol–water partition coefficient (Wildman–Crippen LogP) is 1.50. The zero-order valence-electron chi connectivity index (χ0n) is 10.1. The fourth-order valence-corrected chi connectivity index (χ4v) is 2.63. The third-order valence-corrected chi connectivity index (χ3v) is 3.67. The number of carbonyl (C=O) groups excluding carboxylic acids is 1. The highest BCUT2D eigenvalue weighted by Gasteiger charge is 2.25. The van der Waals surface area contributed by atoms with Crippen LogP contribution in [0, 0.1) is 0 Å². The van der Waals surface area contributed by atoms with Gasteiger partial charge in [-0.1, -0.05) is 17.7 Å². The van der Waals surface area contributed by atoms with Crippen molar-refractivity contribution in [2.24, 2.45) is 0 Å². The van der Waals surface area contributed by atoms with Crippen molar-refractivity contribution in [2.75, 3.05) is 6.54 Å². The molecule has 1 N–H and O–H groups in total. The first-order valence-electron chi connectivity index (χ1n) is 6.11. The molecule has 5 nitrogen and oxygen atoms in total. The quantitative estimate of drug-likeness (QED) is 0.859. The number of fused-ring (bicyclic) bond motifs is 1. The molecule has 1 atom stereocenters. The molecule has 98 valence electrons. The fourth-order valence-electron chi connectivity index (χ4n) is 2.38. The molecule has 6 heteroatoms. The average Bonchev–Trinajstić information content (AvgIpc) is 2.40. The van der Waals surface area contributed by atoms with Crippen molar-refractivity contribution >= 4 is 28.4 Å². The SMILES string of the molecule is O=C1NCCCC1n1cnc2cccc(Cl)c2c1=O. The molecular weight excluding hydrogens is 266 g/mol. The molecule has 0 aliphatic carbocycles. The third-order valence-electron chi connectivity index (χ3n) is 3.35. The molecule has 0 bridgehead atoms. The van der Waals surface area contributed by atoms with Crippen LogP contribution in [0.2, 0.25) is 5.02 Å². The van der Waals surface area contributed by atoms with E-state index in [0.717, 1.165) is 6.42 Å². The second-order valence-corrected chi connectivity index (χ2v) is 4.95. The maximum atomic E-state index is 12.5. The summed E-state index contributed by atoms with van der Waals surface area (Å²) in [6.07, 6.45) is 2.92. The lowest BCUT2D eigenvalue weighted by atomic mass is 10.1. The van der Waals surface area contributed by atoms with Crippen LogP contribution in [0.3, 0.4) is 0 Å². The Morgan fingerprint density at radius 1 is 1.37 bits per heavy atom. The molecule has 2 aromatic rings. The molecule has 1 aromatic heterocycles. The van der Waals surface area contributed by atoms with Gasteiger partial charge < -0.3 is 5.32 Å². The van der Waals surface area contributed by atoms with Crippen LogP contribution in [0.1, 0.15) is 18.9 Å². The number of carbonyl (C=O) groups is 1. The molecule has 1 fully saturated rings. The smallest absolute Gasteiger partial charge is 0.263 e. The van der Waals surface area contributed by atoms with Crippen LogP contribution >= 0.6 is 11.6 Å². The number of nitrogens with zero attached hydrogens (tertiary/aromatic N) is 2. The molecule has 1 amide bonds. The lowest BCUT2D eigenvalue weighted by molar-refractivity contribution is -0.125. The Bertz CT molecular complexity index is 711. The van der Waals surface area contributed by atoms with Gasteiger partial charge in [0.2, 0.25) is 5.91 Å². The standard InChI is InChI=1S/C13H12ClN3O2/c14-8-3-1-4-9-11(8)13(19)17(7-16-9)10-5-2-6-15-12(10)18/h1,3-4,7,10H,2,5-6H2,(H,15,18). The van der Waals surface area contributed by atoms with Crippen LogP contribution in [0.25, 0.3) is 10.9 Å². The monoisotopic (exact) mass is 277 g/mol. The number of piperidine rings is 1. The van der Waals surface area contributed by atoms with Gasteiger partial charge in [0.15, 0.2) is 0 Å². The highest BCUT2D eigenvalue weighted by atomic mass is 35.5. The van der Waals surface area contributed by atoms with E-state index in [9.17, 15) is 9.59 Å².